The van der Waals surface area contributed by atoms with Crippen molar-refractivity contribution in [2.24, 2.45) is 4.99 Å². The number of ether oxygens (including phenoxy) is 1. The molecule has 9 heteroatoms. The number of hydrogen-bond donors (Lipinski definition) is 1. The third-order valence-corrected chi connectivity index (χ3v) is 4.54. The van der Waals surface area contributed by atoms with Crippen LogP contribution >= 0.6 is 0 Å². The largest absolute Gasteiger partial charge is 0.484 e. The normalized spacial score (nSPS) is 15.4. The van der Waals surface area contributed by atoms with Gasteiger partial charge in [0.15, 0.2) is 12.6 Å². The van der Waals surface area contributed by atoms with Crippen LogP contribution < -0.4 is 15.0 Å². The molecule has 1 aliphatic rings. The third kappa shape index (κ3) is 6.27. The minimum absolute atomic E-state index is 0.195. The van der Waals surface area contributed by atoms with Gasteiger partial charge in [0.1, 0.15) is 11.6 Å². The van der Waals surface area contributed by atoms with Crippen LogP contribution in [0.25, 0.3) is 0 Å². The van der Waals surface area contributed by atoms with Gasteiger partial charge in [0.25, 0.3) is 0 Å². The van der Waals surface area contributed by atoms with Crippen LogP contribution in [-0.2, 0) is 6.54 Å². The van der Waals surface area contributed by atoms with Crippen molar-refractivity contribution < 1.29 is 17.9 Å². The molecule has 1 N–H and O–H groups in total. The first kappa shape index (κ1) is 20.8. The molecule has 0 amide bonds. The average Bonchev–Trinajstić information content (AvgIpc) is 2.74. The fraction of sp³-hybridized carbons (Fsp3) is 0.400. The van der Waals surface area contributed by atoms with Crippen molar-refractivity contribution in [1.29, 1.82) is 0 Å². The molecule has 156 valence electrons. The summed E-state index contributed by atoms with van der Waals surface area (Å²) in [5.41, 5.74) is 0.928. The Labute approximate surface area is 168 Å². The summed E-state index contributed by atoms with van der Waals surface area (Å²) in [6, 6.07) is 12.4. The van der Waals surface area contributed by atoms with Gasteiger partial charge in [-0.3, -0.25) is 4.99 Å². The van der Waals surface area contributed by atoms with Crippen LogP contribution in [0.3, 0.4) is 0 Å². The highest BCUT2D eigenvalue weighted by Crippen LogP contribution is 2.19. The minimum atomic E-state index is -4.34. The van der Waals surface area contributed by atoms with Crippen LogP contribution in [0.1, 0.15) is 5.56 Å². The first-order valence-electron chi connectivity index (χ1n) is 9.35. The summed E-state index contributed by atoms with van der Waals surface area (Å²) in [5, 5.41) is 3.31. The molecule has 1 fully saturated rings. The van der Waals surface area contributed by atoms with Gasteiger partial charge in [-0.25, -0.2) is 4.98 Å². The summed E-state index contributed by atoms with van der Waals surface area (Å²) in [6.45, 7) is 2.57. The maximum atomic E-state index is 12.2. The standard InChI is InChI=1S/C20H24F3N5O/c1-24-19(28-12-10-27(11-13-28)18-4-2-3-9-25-18)26-14-16-5-7-17(8-6-16)29-15-20(21,22)23/h2-9H,10-15H2,1H3,(H,24,26). The fourth-order valence-corrected chi connectivity index (χ4v) is 3.07. The lowest BCUT2D eigenvalue weighted by molar-refractivity contribution is -0.153. The van der Waals surface area contributed by atoms with Gasteiger partial charge in [-0.2, -0.15) is 13.2 Å². The molecule has 29 heavy (non-hydrogen) atoms. The Morgan fingerprint density at radius 3 is 2.41 bits per heavy atom. The number of nitrogens with zero attached hydrogens (tertiary/aromatic N) is 4. The van der Waals surface area contributed by atoms with Gasteiger partial charge in [0.05, 0.1) is 0 Å². The second-order valence-electron chi connectivity index (χ2n) is 6.61. The van der Waals surface area contributed by atoms with Crippen LogP contribution in [0.4, 0.5) is 19.0 Å². The number of piperazine rings is 1. The minimum Gasteiger partial charge on any atom is -0.484 e. The number of nitrogens with one attached hydrogen (secondary N) is 1. The second-order valence-corrected chi connectivity index (χ2v) is 6.61. The van der Waals surface area contributed by atoms with E-state index in [1.54, 1.807) is 25.4 Å². The first-order chi connectivity index (χ1) is 13.9. The highest BCUT2D eigenvalue weighted by molar-refractivity contribution is 5.80. The summed E-state index contributed by atoms with van der Waals surface area (Å²) >= 11 is 0. The number of rotatable bonds is 5. The van der Waals surface area contributed by atoms with Gasteiger partial charge in [-0.1, -0.05) is 18.2 Å². The number of halogens is 3. The van der Waals surface area contributed by atoms with Crippen LogP contribution in [0, 0.1) is 0 Å². The predicted molar refractivity (Wildman–Crippen MR) is 106 cm³/mol. The molecule has 1 aromatic heterocycles. The lowest BCUT2D eigenvalue weighted by atomic mass is 10.2. The average molecular weight is 407 g/mol. The molecule has 2 aromatic rings. The SMILES string of the molecule is CN=C(NCc1ccc(OCC(F)(F)F)cc1)N1CCN(c2ccccn2)CC1. The number of alkyl halides is 3. The van der Waals surface area contributed by atoms with E-state index < -0.39 is 12.8 Å². The lowest BCUT2D eigenvalue weighted by Gasteiger charge is -2.37. The summed E-state index contributed by atoms with van der Waals surface area (Å²) in [4.78, 5) is 13.2. The highest BCUT2D eigenvalue weighted by atomic mass is 19.4. The van der Waals surface area contributed by atoms with Gasteiger partial charge >= 0.3 is 6.18 Å². The number of aliphatic imine (C=N–C) groups is 1. The molecule has 0 spiro atoms. The van der Waals surface area contributed by atoms with E-state index in [2.05, 4.69) is 25.1 Å². The third-order valence-electron chi connectivity index (χ3n) is 4.54. The van der Waals surface area contributed by atoms with E-state index in [0.717, 1.165) is 43.5 Å². The fourth-order valence-electron chi connectivity index (χ4n) is 3.07. The highest BCUT2D eigenvalue weighted by Gasteiger charge is 2.28. The summed E-state index contributed by atoms with van der Waals surface area (Å²) in [6.07, 6.45) is -2.55. The van der Waals surface area contributed by atoms with E-state index >= 15 is 0 Å². The lowest BCUT2D eigenvalue weighted by Crippen LogP contribution is -2.52. The Morgan fingerprint density at radius 1 is 1.10 bits per heavy atom. The maximum absolute atomic E-state index is 12.2. The number of pyridine rings is 1. The number of anilines is 1. The molecule has 6 nitrogen and oxygen atoms in total. The number of hydrogen-bond acceptors (Lipinski definition) is 4. The molecule has 0 bridgehead atoms. The topological polar surface area (TPSA) is 53.0 Å². The quantitative estimate of drug-likeness (QED) is 0.610. The smallest absolute Gasteiger partial charge is 0.422 e. The van der Waals surface area contributed by atoms with E-state index in [1.165, 1.54) is 12.1 Å². The molecule has 1 saturated heterocycles. The Bertz CT molecular complexity index is 788. The Hall–Kier alpha value is -2.97. The molecule has 1 aliphatic heterocycles. The van der Waals surface area contributed by atoms with E-state index in [4.69, 9.17) is 4.74 Å². The zero-order valence-corrected chi connectivity index (χ0v) is 16.2. The summed E-state index contributed by atoms with van der Waals surface area (Å²) in [5.74, 6) is 1.96. The molecule has 1 aromatic carbocycles. The number of benzene rings is 1. The Morgan fingerprint density at radius 2 is 1.83 bits per heavy atom. The molecule has 3 rings (SSSR count). The van der Waals surface area contributed by atoms with E-state index in [9.17, 15) is 13.2 Å². The van der Waals surface area contributed by atoms with Crippen molar-refractivity contribution in [2.45, 2.75) is 12.7 Å². The van der Waals surface area contributed by atoms with E-state index in [1.807, 2.05) is 18.2 Å². The van der Waals surface area contributed by atoms with Crippen molar-refractivity contribution in [2.75, 3.05) is 44.7 Å². The second kappa shape index (κ2) is 9.49. The molecule has 0 unspecified atom stereocenters. The molecule has 0 aliphatic carbocycles. The number of aromatic nitrogens is 1. The van der Waals surface area contributed by atoms with Crippen molar-refractivity contribution in [3.05, 3.63) is 54.2 Å². The molecule has 0 radical (unpaired) electrons. The van der Waals surface area contributed by atoms with Crippen LogP contribution in [0.2, 0.25) is 0 Å². The van der Waals surface area contributed by atoms with Gasteiger partial charge in [0, 0.05) is 46.0 Å². The van der Waals surface area contributed by atoms with E-state index in [0.29, 0.717) is 6.54 Å². The zero-order valence-electron chi connectivity index (χ0n) is 16.2. The summed E-state index contributed by atoms with van der Waals surface area (Å²) in [7, 11) is 1.74. The Kier molecular flexibility index (Phi) is 6.79. The van der Waals surface area contributed by atoms with Gasteiger partial charge < -0.3 is 19.9 Å². The van der Waals surface area contributed by atoms with Crippen LogP contribution in [-0.4, -0.2) is 61.9 Å². The molecule has 0 saturated carbocycles. The molecule has 2 heterocycles. The van der Waals surface area contributed by atoms with Crippen molar-refractivity contribution >= 4 is 11.8 Å². The Balaban J connectivity index is 1.47. The van der Waals surface area contributed by atoms with Gasteiger partial charge in [-0.05, 0) is 29.8 Å². The number of guanidine groups is 1. The van der Waals surface area contributed by atoms with E-state index in [-0.39, 0.29) is 5.75 Å². The molecule has 0 atom stereocenters. The molecular formula is C20H24F3N5O. The van der Waals surface area contributed by atoms with Crippen LogP contribution in [0.5, 0.6) is 5.75 Å². The predicted octanol–water partition coefficient (Wildman–Crippen LogP) is 2.92. The molecular weight excluding hydrogens is 383 g/mol. The van der Waals surface area contributed by atoms with Crippen molar-refractivity contribution in [3.63, 3.8) is 0 Å². The monoisotopic (exact) mass is 407 g/mol. The maximum Gasteiger partial charge on any atom is 0.422 e. The first-order valence-corrected chi connectivity index (χ1v) is 9.35. The van der Waals surface area contributed by atoms with Crippen molar-refractivity contribution in [1.82, 2.24) is 15.2 Å². The van der Waals surface area contributed by atoms with Crippen LogP contribution in [0.15, 0.2) is 53.7 Å². The van der Waals surface area contributed by atoms with Crippen molar-refractivity contribution in [3.8, 4) is 5.75 Å². The van der Waals surface area contributed by atoms with Gasteiger partial charge in [0.2, 0.25) is 0 Å². The summed E-state index contributed by atoms with van der Waals surface area (Å²) < 4.78 is 41.3. The zero-order chi connectivity index (χ0) is 20.7. The van der Waals surface area contributed by atoms with Gasteiger partial charge in [-0.15, -0.1) is 0 Å².